The molecule has 0 radical (unpaired) electrons. The Morgan fingerprint density at radius 1 is 0.559 bits per heavy atom. The van der Waals surface area contributed by atoms with E-state index in [1.165, 1.54) is 13.8 Å². The van der Waals surface area contributed by atoms with Crippen LogP contribution in [0.5, 0.6) is 0 Å². The van der Waals surface area contributed by atoms with Crippen LogP contribution in [0.25, 0.3) is 0 Å². The zero-order chi connectivity index (χ0) is 50.4. The van der Waals surface area contributed by atoms with E-state index in [0.717, 1.165) is 38.5 Å². The molecule has 0 aromatic heterocycles. The van der Waals surface area contributed by atoms with Crippen LogP contribution in [0.3, 0.4) is 0 Å². The lowest BCUT2D eigenvalue weighted by atomic mass is 9.96. The molecule has 0 aliphatic carbocycles. The molecule has 4 heterocycles. The van der Waals surface area contributed by atoms with Gasteiger partial charge in [-0.05, 0) is 45.4 Å². The monoisotopic (exact) mass is 989 g/mol. The molecule has 4 aliphatic rings. The van der Waals surface area contributed by atoms with Crippen molar-refractivity contribution in [2.45, 2.75) is 253 Å². The summed E-state index contributed by atoms with van der Waals surface area (Å²) in [5.41, 5.74) is 0. The summed E-state index contributed by atoms with van der Waals surface area (Å²) in [5.74, 6) is -1.90. The number of carbonyl (C=O) groups excluding carboxylic acids is 1. The molecule has 0 spiro atoms. The Balaban J connectivity index is 1.62. The predicted octanol–water partition coefficient (Wildman–Crippen LogP) is -1.56. The highest BCUT2D eigenvalue weighted by molar-refractivity contribution is 5.70. The van der Waals surface area contributed by atoms with Gasteiger partial charge in [-0.25, -0.2) is 0 Å². The predicted molar refractivity (Wildman–Crippen MR) is 232 cm³/mol. The fourth-order valence-corrected chi connectivity index (χ4v) is 8.76. The van der Waals surface area contributed by atoms with Gasteiger partial charge in [0.05, 0.1) is 44.1 Å². The van der Waals surface area contributed by atoms with Crippen molar-refractivity contribution in [2.24, 2.45) is 5.92 Å². The van der Waals surface area contributed by atoms with E-state index in [-0.39, 0.29) is 25.2 Å². The molecule has 4 fully saturated rings. The second-order valence-corrected chi connectivity index (χ2v) is 19.0. The zero-order valence-electron chi connectivity index (χ0n) is 39.7. The van der Waals surface area contributed by atoms with E-state index >= 15 is 0 Å². The first-order valence-corrected chi connectivity index (χ1v) is 24.2. The molecule has 0 aromatic rings. The quantitative estimate of drug-likeness (QED) is 0.0327. The molecule has 0 saturated carbocycles. The first-order valence-electron chi connectivity index (χ1n) is 24.2. The van der Waals surface area contributed by atoms with Crippen molar-refractivity contribution in [3.8, 4) is 0 Å². The molecule has 23 nitrogen and oxygen atoms in total. The van der Waals surface area contributed by atoms with Gasteiger partial charge in [0.2, 0.25) is 0 Å². The molecule has 0 amide bonds. The molecule has 4 saturated heterocycles. The maximum atomic E-state index is 12.5. The molecular weight excluding hydrogens is 908 g/mol. The van der Waals surface area contributed by atoms with Gasteiger partial charge < -0.3 is 104 Å². The van der Waals surface area contributed by atoms with Crippen molar-refractivity contribution in [3.05, 3.63) is 0 Å². The summed E-state index contributed by atoms with van der Waals surface area (Å²) in [6, 6.07) is 0. The highest BCUT2D eigenvalue weighted by Crippen LogP contribution is 2.35. The fourth-order valence-electron chi connectivity index (χ4n) is 8.76. The lowest BCUT2D eigenvalue weighted by Crippen LogP contribution is -2.67. The average Bonchev–Trinajstić information content (AvgIpc) is 3.28. The van der Waals surface area contributed by atoms with Crippen LogP contribution in [0.2, 0.25) is 0 Å². The molecule has 0 aromatic carbocycles. The molecule has 12 N–H and O–H groups in total. The number of carbonyl (C=O) groups is 2. The molecule has 4 rings (SSSR count). The van der Waals surface area contributed by atoms with Gasteiger partial charge in [-0.15, -0.1) is 0 Å². The van der Waals surface area contributed by atoms with E-state index in [9.17, 15) is 70.9 Å². The van der Waals surface area contributed by atoms with E-state index in [0.29, 0.717) is 19.3 Å². The van der Waals surface area contributed by atoms with Crippen LogP contribution in [0.15, 0.2) is 0 Å². The van der Waals surface area contributed by atoms with E-state index in [1.807, 2.05) is 0 Å². The van der Waals surface area contributed by atoms with Crippen LogP contribution in [-0.2, 0) is 52.2 Å². The third-order valence-electron chi connectivity index (χ3n) is 12.8. The van der Waals surface area contributed by atoms with Gasteiger partial charge in [-0.1, -0.05) is 65.7 Å². The van der Waals surface area contributed by atoms with Crippen molar-refractivity contribution >= 4 is 11.9 Å². The number of aliphatic hydroxyl groups is 11. The van der Waals surface area contributed by atoms with Crippen molar-refractivity contribution in [3.63, 3.8) is 0 Å². The second-order valence-electron chi connectivity index (χ2n) is 19.0. The molecule has 0 bridgehead atoms. The van der Waals surface area contributed by atoms with E-state index in [2.05, 4.69) is 6.92 Å². The highest BCUT2D eigenvalue weighted by atomic mass is 16.8. The fraction of sp³-hybridized carbons (Fsp3) is 0.956. The molecule has 398 valence electrons. The smallest absolute Gasteiger partial charge is 0.306 e. The van der Waals surface area contributed by atoms with Gasteiger partial charge in [-0.3, -0.25) is 9.59 Å². The Hall–Kier alpha value is -1.82. The first kappa shape index (κ1) is 58.7. The number of ether oxygens (including phenoxy) is 9. The molecule has 22 unspecified atom stereocenters. The molecule has 4 aliphatic heterocycles. The van der Waals surface area contributed by atoms with Crippen molar-refractivity contribution < 1.29 is 113 Å². The number of hydrogen-bond donors (Lipinski definition) is 12. The topological polar surface area (TPSA) is 360 Å². The highest BCUT2D eigenvalue weighted by Gasteiger charge is 2.55. The Morgan fingerprint density at radius 2 is 1.10 bits per heavy atom. The third-order valence-corrected chi connectivity index (χ3v) is 12.8. The third kappa shape index (κ3) is 16.6. The summed E-state index contributed by atoms with van der Waals surface area (Å²) >= 11 is 0. The lowest BCUT2D eigenvalue weighted by Gasteiger charge is -2.49. The number of carboxylic acid groups (broad SMARTS) is 1. The molecular formula is C45H80O23. The summed E-state index contributed by atoms with van der Waals surface area (Å²) in [7, 11) is 0. The number of aliphatic carboxylic acids is 1. The summed E-state index contributed by atoms with van der Waals surface area (Å²) in [4.78, 5) is 23.7. The number of unbranched alkanes of at least 4 members (excludes halogenated alkanes) is 6. The Morgan fingerprint density at radius 3 is 1.74 bits per heavy atom. The molecule has 68 heavy (non-hydrogen) atoms. The maximum Gasteiger partial charge on any atom is 0.306 e. The van der Waals surface area contributed by atoms with E-state index in [1.54, 1.807) is 13.8 Å². The number of carboxylic acids is 1. The van der Waals surface area contributed by atoms with Crippen LogP contribution in [0.1, 0.15) is 118 Å². The zero-order valence-corrected chi connectivity index (χ0v) is 39.7. The Bertz CT molecular complexity index is 1460. The minimum atomic E-state index is -1.96. The normalized spacial score (nSPS) is 40.0. The van der Waals surface area contributed by atoms with Gasteiger partial charge in [0.15, 0.2) is 31.3 Å². The number of rotatable bonds is 27. The number of hydrogen-bond acceptors (Lipinski definition) is 22. The van der Waals surface area contributed by atoms with Gasteiger partial charge in [-0.2, -0.15) is 0 Å². The van der Waals surface area contributed by atoms with Gasteiger partial charge >= 0.3 is 11.9 Å². The van der Waals surface area contributed by atoms with Gasteiger partial charge in [0.25, 0.3) is 0 Å². The second kappa shape index (κ2) is 28.4. The number of esters is 1. The molecule has 23 heteroatoms. The summed E-state index contributed by atoms with van der Waals surface area (Å²) in [6.07, 6.45) is -27.3. The Kier molecular flexibility index (Phi) is 24.6. The van der Waals surface area contributed by atoms with E-state index < -0.39 is 167 Å². The number of aliphatic hydroxyl groups excluding tert-OH is 11. The van der Waals surface area contributed by atoms with Crippen LogP contribution in [-0.4, -0.2) is 221 Å². The minimum Gasteiger partial charge on any atom is -0.481 e. The van der Waals surface area contributed by atoms with Gasteiger partial charge in [0, 0.05) is 6.42 Å². The largest absolute Gasteiger partial charge is 0.481 e. The lowest BCUT2D eigenvalue weighted by molar-refractivity contribution is -0.396. The standard InChI is InChI=1S/C45H80O23/c1-6-7-8-9-10-11-12-15-25(16-13-14-24(47)18-28(48)49)63-44-40(35(56)32(53)27(65-44)20-60-42-37(58)33(54)30(51)22(4)61-42)68-45-41(34(55)31(52)26(19-46)64-45)67-43-38(59)36(57)39(23(5)62-43)66-29(50)17-21(2)3/h21-27,30-47,51-59H,6-20H2,1-5H3,(H,48,49). The van der Waals surface area contributed by atoms with Crippen molar-refractivity contribution in [1.82, 2.24) is 0 Å². The Labute approximate surface area is 397 Å². The van der Waals surface area contributed by atoms with Crippen LogP contribution >= 0.6 is 0 Å². The minimum absolute atomic E-state index is 0.0205. The van der Waals surface area contributed by atoms with Crippen molar-refractivity contribution in [1.29, 1.82) is 0 Å². The summed E-state index contributed by atoms with van der Waals surface area (Å²) in [5, 5.41) is 129. The molecule has 22 atom stereocenters. The average molecular weight is 989 g/mol. The maximum absolute atomic E-state index is 12.5. The van der Waals surface area contributed by atoms with E-state index in [4.69, 9.17) is 42.6 Å². The first-order chi connectivity index (χ1) is 32.2. The van der Waals surface area contributed by atoms with Crippen molar-refractivity contribution in [2.75, 3.05) is 13.2 Å². The summed E-state index contributed by atoms with van der Waals surface area (Å²) < 4.78 is 53.4. The van der Waals surface area contributed by atoms with Crippen LogP contribution in [0.4, 0.5) is 0 Å². The SMILES string of the molecule is CCCCCCCCCC(CCCC(O)CC(=O)O)OC1OC(COC2OC(C)C(O)C(O)C2O)C(O)C(O)C1OC1OC(CO)C(O)C(O)C1OC1OC(C)C(OC(=O)CC(C)C)C(O)C1O. The van der Waals surface area contributed by atoms with Crippen LogP contribution < -0.4 is 0 Å². The van der Waals surface area contributed by atoms with Crippen LogP contribution in [0, 0.1) is 5.92 Å². The van der Waals surface area contributed by atoms with Gasteiger partial charge in [0.1, 0.15) is 79.4 Å². The summed E-state index contributed by atoms with van der Waals surface area (Å²) in [6.45, 7) is 7.14.